The van der Waals surface area contributed by atoms with Crippen molar-refractivity contribution in [2.24, 2.45) is 0 Å². The minimum absolute atomic E-state index is 0.121. The van der Waals surface area contributed by atoms with Gasteiger partial charge in [-0.05, 0) is 72.2 Å². The standard InChI is InChI=1S/C29H32N6O3/c1-3-27(28-31-32-33-35(28)15-14-21-9-6-5-7-10-21)34(20-25-11-8-16-38-25)19-23-17-22-18-24(37-4-2)12-13-26(22)30-29(23)36/h5-13,16-18,27H,3-4,14-15,19-20H2,1-2H3,(H,30,36)/t27-/m1/s1. The third kappa shape index (κ3) is 5.84. The Labute approximate surface area is 221 Å². The lowest BCUT2D eigenvalue weighted by Crippen LogP contribution is -2.32. The third-order valence-corrected chi connectivity index (χ3v) is 6.66. The molecule has 0 unspecified atom stereocenters. The van der Waals surface area contributed by atoms with E-state index in [2.05, 4.69) is 44.5 Å². The van der Waals surface area contributed by atoms with E-state index >= 15 is 0 Å². The number of aromatic amines is 1. The number of pyridine rings is 1. The molecule has 5 rings (SSSR count). The van der Waals surface area contributed by atoms with Gasteiger partial charge < -0.3 is 14.1 Å². The minimum atomic E-state index is -0.129. The van der Waals surface area contributed by atoms with E-state index in [1.165, 1.54) is 5.56 Å². The molecule has 0 aliphatic heterocycles. The van der Waals surface area contributed by atoms with Gasteiger partial charge >= 0.3 is 0 Å². The lowest BCUT2D eigenvalue weighted by atomic mass is 10.1. The van der Waals surface area contributed by atoms with Crippen LogP contribution in [0.5, 0.6) is 5.75 Å². The van der Waals surface area contributed by atoms with Crippen molar-refractivity contribution in [1.29, 1.82) is 0 Å². The van der Waals surface area contributed by atoms with Crippen LogP contribution in [-0.4, -0.2) is 36.7 Å². The number of benzene rings is 2. The number of hydrogen-bond acceptors (Lipinski definition) is 7. The highest BCUT2D eigenvalue weighted by Gasteiger charge is 2.26. The predicted molar refractivity (Wildman–Crippen MR) is 145 cm³/mol. The van der Waals surface area contributed by atoms with Gasteiger partial charge in [-0.2, -0.15) is 0 Å². The van der Waals surface area contributed by atoms with Gasteiger partial charge in [0.25, 0.3) is 5.56 Å². The Morgan fingerprint density at radius 2 is 1.92 bits per heavy atom. The highest BCUT2D eigenvalue weighted by atomic mass is 16.5. The quantitative estimate of drug-likeness (QED) is 0.254. The van der Waals surface area contributed by atoms with Crippen molar-refractivity contribution in [1.82, 2.24) is 30.1 Å². The van der Waals surface area contributed by atoms with Gasteiger partial charge in [0, 0.05) is 29.6 Å². The maximum atomic E-state index is 13.1. The normalized spacial score (nSPS) is 12.3. The molecule has 0 saturated heterocycles. The Bertz CT molecular complexity index is 1510. The minimum Gasteiger partial charge on any atom is -0.494 e. The summed E-state index contributed by atoms with van der Waals surface area (Å²) in [6, 6.07) is 21.6. The molecule has 196 valence electrons. The molecule has 0 fully saturated rings. The molecular weight excluding hydrogens is 480 g/mol. The Morgan fingerprint density at radius 1 is 1.05 bits per heavy atom. The first kappa shape index (κ1) is 25.4. The topological polar surface area (TPSA) is 102 Å². The number of fused-ring (bicyclic) bond motifs is 1. The molecule has 0 amide bonds. The summed E-state index contributed by atoms with van der Waals surface area (Å²) < 4.78 is 13.2. The fraction of sp³-hybridized carbons (Fsp3) is 0.310. The van der Waals surface area contributed by atoms with Crippen LogP contribution in [0.2, 0.25) is 0 Å². The van der Waals surface area contributed by atoms with E-state index in [1.54, 1.807) is 6.26 Å². The van der Waals surface area contributed by atoms with Gasteiger partial charge in [-0.1, -0.05) is 37.3 Å². The van der Waals surface area contributed by atoms with E-state index in [1.807, 2.05) is 66.2 Å². The summed E-state index contributed by atoms with van der Waals surface area (Å²) in [4.78, 5) is 18.4. The van der Waals surface area contributed by atoms with Crippen LogP contribution in [0.4, 0.5) is 0 Å². The predicted octanol–water partition coefficient (Wildman–Crippen LogP) is 4.90. The van der Waals surface area contributed by atoms with Crippen LogP contribution in [-0.2, 0) is 26.1 Å². The number of nitrogens with one attached hydrogen (secondary N) is 1. The number of rotatable bonds is 12. The van der Waals surface area contributed by atoms with Gasteiger partial charge in [-0.15, -0.1) is 5.10 Å². The Kier molecular flexibility index (Phi) is 7.94. The summed E-state index contributed by atoms with van der Waals surface area (Å²) in [5.41, 5.74) is 2.53. The molecule has 38 heavy (non-hydrogen) atoms. The number of nitrogens with zero attached hydrogens (tertiary/aromatic N) is 5. The lowest BCUT2D eigenvalue weighted by Gasteiger charge is -2.29. The highest BCUT2D eigenvalue weighted by Crippen LogP contribution is 2.27. The highest BCUT2D eigenvalue weighted by molar-refractivity contribution is 5.80. The second-order valence-electron chi connectivity index (χ2n) is 9.21. The van der Waals surface area contributed by atoms with Crippen LogP contribution >= 0.6 is 0 Å². The van der Waals surface area contributed by atoms with Gasteiger partial charge in [0.15, 0.2) is 5.82 Å². The van der Waals surface area contributed by atoms with E-state index in [9.17, 15) is 4.79 Å². The van der Waals surface area contributed by atoms with E-state index in [4.69, 9.17) is 9.15 Å². The number of aromatic nitrogens is 5. The average Bonchev–Trinajstić information content (AvgIpc) is 3.62. The summed E-state index contributed by atoms with van der Waals surface area (Å²) in [7, 11) is 0. The lowest BCUT2D eigenvalue weighted by molar-refractivity contribution is 0.148. The second-order valence-corrected chi connectivity index (χ2v) is 9.21. The molecule has 3 aromatic heterocycles. The first-order valence-electron chi connectivity index (χ1n) is 13.0. The molecule has 5 aromatic rings. The van der Waals surface area contributed by atoms with Gasteiger partial charge in [-0.25, -0.2) is 4.68 Å². The molecule has 0 spiro atoms. The number of ether oxygens (including phenoxy) is 1. The van der Waals surface area contributed by atoms with Crippen LogP contribution in [0.1, 0.15) is 49.0 Å². The average molecular weight is 513 g/mol. The van der Waals surface area contributed by atoms with Crippen LogP contribution < -0.4 is 10.3 Å². The zero-order chi connectivity index (χ0) is 26.3. The summed E-state index contributed by atoms with van der Waals surface area (Å²) in [5.74, 6) is 2.35. The summed E-state index contributed by atoms with van der Waals surface area (Å²) >= 11 is 0. The van der Waals surface area contributed by atoms with Crippen molar-refractivity contribution in [2.75, 3.05) is 6.61 Å². The maximum Gasteiger partial charge on any atom is 0.252 e. The number of H-pyrrole nitrogens is 1. The molecule has 9 nitrogen and oxygen atoms in total. The smallest absolute Gasteiger partial charge is 0.252 e. The fourth-order valence-electron chi connectivity index (χ4n) is 4.79. The van der Waals surface area contributed by atoms with E-state index in [0.717, 1.165) is 41.1 Å². The van der Waals surface area contributed by atoms with Crippen LogP contribution in [0.3, 0.4) is 0 Å². The molecule has 1 N–H and O–H groups in total. The van der Waals surface area contributed by atoms with E-state index < -0.39 is 0 Å². The van der Waals surface area contributed by atoms with Crippen molar-refractivity contribution < 1.29 is 9.15 Å². The molecule has 2 aromatic carbocycles. The van der Waals surface area contributed by atoms with E-state index in [0.29, 0.717) is 31.8 Å². The molecular formula is C29H32N6O3. The van der Waals surface area contributed by atoms with Crippen LogP contribution in [0.15, 0.2) is 82.2 Å². The number of hydrogen-bond donors (Lipinski definition) is 1. The SMILES string of the molecule is CCOc1ccc2[nH]c(=O)c(CN(Cc3ccco3)[C@H](CC)c3nnnn3CCc3ccccc3)cc2c1. The van der Waals surface area contributed by atoms with Gasteiger partial charge in [0.05, 0.1) is 25.5 Å². The second kappa shape index (κ2) is 11.9. The maximum absolute atomic E-state index is 13.1. The molecule has 9 heteroatoms. The Morgan fingerprint density at radius 3 is 2.68 bits per heavy atom. The van der Waals surface area contributed by atoms with Crippen molar-refractivity contribution in [2.45, 2.75) is 52.4 Å². The van der Waals surface area contributed by atoms with Crippen molar-refractivity contribution in [3.63, 3.8) is 0 Å². The van der Waals surface area contributed by atoms with E-state index in [-0.39, 0.29) is 11.6 Å². The van der Waals surface area contributed by atoms with Crippen LogP contribution in [0.25, 0.3) is 10.9 Å². The number of furan rings is 1. The zero-order valence-electron chi connectivity index (χ0n) is 21.7. The summed E-state index contributed by atoms with van der Waals surface area (Å²) in [6.45, 7) is 6.20. The zero-order valence-corrected chi connectivity index (χ0v) is 21.7. The van der Waals surface area contributed by atoms with Crippen molar-refractivity contribution in [3.05, 3.63) is 106 Å². The first-order valence-corrected chi connectivity index (χ1v) is 13.0. The van der Waals surface area contributed by atoms with Crippen molar-refractivity contribution >= 4 is 10.9 Å². The molecule has 0 bridgehead atoms. The number of aryl methyl sites for hydroxylation is 2. The largest absolute Gasteiger partial charge is 0.494 e. The Balaban J connectivity index is 1.46. The van der Waals surface area contributed by atoms with Crippen LogP contribution in [0, 0.1) is 0 Å². The molecule has 0 radical (unpaired) electrons. The van der Waals surface area contributed by atoms with Crippen molar-refractivity contribution in [3.8, 4) is 5.75 Å². The third-order valence-electron chi connectivity index (χ3n) is 6.66. The number of tetrazole rings is 1. The molecule has 1 atom stereocenters. The van der Waals surface area contributed by atoms with Gasteiger partial charge in [-0.3, -0.25) is 9.69 Å². The summed E-state index contributed by atoms with van der Waals surface area (Å²) in [5, 5.41) is 13.6. The summed E-state index contributed by atoms with van der Waals surface area (Å²) in [6.07, 6.45) is 3.24. The van der Waals surface area contributed by atoms with Gasteiger partial charge in [0.1, 0.15) is 11.5 Å². The first-order chi connectivity index (χ1) is 18.6. The molecule has 0 aliphatic carbocycles. The monoisotopic (exact) mass is 512 g/mol. The molecule has 3 heterocycles. The fourth-order valence-corrected chi connectivity index (χ4v) is 4.79. The molecule has 0 aliphatic rings. The van der Waals surface area contributed by atoms with Gasteiger partial charge in [0.2, 0.25) is 0 Å². The Hall–Kier alpha value is -4.24. The molecule has 0 saturated carbocycles.